The Hall–Kier alpha value is -2.81. The van der Waals surface area contributed by atoms with Gasteiger partial charge in [0.25, 0.3) is 0 Å². The summed E-state index contributed by atoms with van der Waals surface area (Å²) >= 11 is 0. The molecule has 0 bridgehead atoms. The van der Waals surface area contributed by atoms with Gasteiger partial charge in [0, 0.05) is 11.5 Å². The number of para-hydroxylation sites is 1. The fraction of sp³-hybridized carbons (Fsp3) is 0.105. The maximum absolute atomic E-state index is 12.3. The van der Waals surface area contributed by atoms with Crippen LogP contribution in [0.1, 0.15) is 11.1 Å². The molecule has 0 N–H and O–H groups in total. The van der Waals surface area contributed by atoms with Crippen LogP contribution in [0, 0.1) is 13.8 Å². The van der Waals surface area contributed by atoms with Gasteiger partial charge in [-0.25, -0.2) is 0 Å². The monoisotopic (exact) mass is 290 g/mol. The van der Waals surface area contributed by atoms with Gasteiger partial charge in [0.2, 0.25) is 0 Å². The summed E-state index contributed by atoms with van der Waals surface area (Å²) in [6, 6.07) is 14.9. The maximum atomic E-state index is 12.3. The summed E-state index contributed by atoms with van der Waals surface area (Å²) in [5, 5.41) is 1.59. The second kappa shape index (κ2) is 4.60. The van der Waals surface area contributed by atoms with Crippen LogP contribution in [0.2, 0.25) is 0 Å². The van der Waals surface area contributed by atoms with E-state index < -0.39 is 0 Å². The Morgan fingerprint density at radius 2 is 1.45 bits per heavy atom. The summed E-state index contributed by atoms with van der Waals surface area (Å²) in [5.41, 5.74) is 3.49. The molecular weight excluding hydrogens is 276 g/mol. The molecule has 22 heavy (non-hydrogen) atoms. The van der Waals surface area contributed by atoms with Crippen LogP contribution in [0.3, 0.4) is 0 Å². The summed E-state index contributed by atoms with van der Waals surface area (Å²) in [7, 11) is 0. The van der Waals surface area contributed by atoms with Gasteiger partial charge in [-0.1, -0.05) is 18.2 Å². The highest BCUT2D eigenvalue weighted by atomic mass is 16.4. The molecule has 0 spiro atoms. The van der Waals surface area contributed by atoms with Crippen molar-refractivity contribution in [2.45, 2.75) is 13.8 Å². The Labute approximate surface area is 126 Å². The van der Waals surface area contributed by atoms with Crippen molar-refractivity contribution in [3.05, 3.63) is 69.9 Å². The third kappa shape index (κ3) is 1.94. The van der Waals surface area contributed by atoms with Crippen LogP contribution in [0.5, 0.6) is 0 Å². The van der Waals surface area contributed by atoms with E-state index in [9.17, 15) is 4.79 Å². The van der Waals surface area contributed by atoms with Gasteiger partial charge in [0.1, 0.15) is 11.2 Å². The highest BCUT2D eigenvalue weighted by Gasteiger charge is 2.12. The first-order valence-electron chi connectivity index (χ1n) is 7.16. The summed E-state index contributed by atoms with van der Waals surface area (Å²) < 4.78 is 11.7. The normalized spacial score (nSPS) is 11.4. The molecule has 0 unspecified atom stereocenters. The molecule has 0 atom stereocenters. The Bertz CT molecular complexity index is 1030. The lowest BCUT2D eigenvalue weighted by molar-refractivity contribution is 0.561. The topological polar surface area (TPSA) is 43.4 Å². The Morgan fingerprint density at radius 1 is 0.773 bits per heavy atom. The van der Waals surface area contributed by atoms with Crippen molar-refractivity contribution >= 4 is 21.9 Å². The molecule has 0 aliphatic carbocycles. The Morgan fingerprint density at radius 3 is 2.27 bits per heavy atom. The van der Waals surface area contributed by atoms with E-state index in [0.717, 1.165) is 22.1 Å². The molecule has 2 heterocycles. The lowest BCUT2D eigenvalue weighted by Gasteiger charge is -2.04. The van der Waals surface area contributed by atoms with Crippen LogP contribution in [0.25, 0.3) is 33.5 Å². The Balaban J connectivity index is 1.99. The molecule has 0 saturated heterocycles. The van der Waals surface area contributed by atoms with Gasteiger partial charge in [-0.3, -0.25) is 4.79 Å². The number of hydrogen-bond donors (Lipinski definition) is 0. The molecule has 4 aromatic rings. The molecule has 108 valence electrons. The van der Waals surface area contributed by atoms with Gasteiger partial charge < -0.3 is 8.83 Å². The molecule has 4 rings (SSSR count). The quantitative estimate of drug-likeness (QED) is 0.504. The summed E-state index contributed by atoms with van der Waals surface area (Å²) in [6.45, 7) is 3.99. The zero-order valence-electron chi connectivity index (χ0n) is 12.3. The van der Waals surface area contributed by atoms with Crippen molar-refractivity contribution in [2.24, 2.45) is 0 Å². The first-order chi connectivity index (χ1) is 10.6. The Kier molecular flexibility index (Phi) is 2.70. The summed E-state index contributed by atoms with van der Waals surface area (Å²) in [5.74, 6) is 1.02. The highest BCUT2D eigenvalue weighted by molar-refractivity contribution is 5.84. The number of aryl methyl sites for hydroxylation is 2. The van der Waals surface area contributed by atoms with Crippen LogP contribution >= 0.6 is 0 Å². The van der Waals surface area contributed by atoms with Gasteiger partial charge in [0.05, 0.1) is 5.39 Å². The molecule has 0 aliphatic rings. The highest BCUT2D eigenvalue weighted by Crippen LogP contribution is 2.29. The minimum atomic E-state index is -0.0557. The van der Waals surface area contributed by atoms with Crippen LogP contribution < -0.4 is 5.43 Å². The van der Waals surface area contributed by atoms with Crippen molar-refractivity contribution in [3.63, 3.8) is 0 Å². The number of benzene rings is 2. The average molecular weight is 290 g/mol. The molecule has 3 nitrogen and oxygen atoms in total. The van der Waals surface area contributed by atoms with E-state index in [2.05, 4.69) is 0 Å². The average Bonchev–Trinajstić information content (AvgIpc) is 2.93. The molecule has 2 aromatic heterocycles. The predicted octanol–water partition coefficient (Wildman–Crippen LogP) is 4.82. The molecule has 0 amide bonds. The van der Waals surface area contributed by atoms with E-state index in [0.29, 0.717) is 22.5 Å². The maximum Gasteiger partial charge on any atom is 0.193 e. The molecule has 3 heteroatoms. The van der Waals surface area contributed by atoms with E-state index in [1.165, 1.54) is 6.07 Å². The van der Waals surface area contributed by atoms with E-state index in [1.807, 2.05) is 56.3 Å². The molecule has 0 radical (unpaired) electrons. The van der Waals surface area contributed by atoms with E-state index >= 15 is 0 Å². The third-order valence-corrected chi connectivity index (χ3v) is 4.01. The van der Waals surface area contributed by atoms with E-state index in [4.69, 9.17) is 8.83 Å². The first kappa shape index (κ1) is 12.9. The molecule has 2 aromatic carbocycles. The molecule has 0 fully saturated rings. The zero-order chi connectivity index (χ0) is 15.3. The SMILES string of the molecule is Cc1cc2oc(-c3cc4ccccc4o3)cc(=O)c2cc1C. The van der Waals surface area contributed by atoms with Gasteiger partial charge in [-0.05, 0) is 49.2 Å². The molecule has 0 aliphatic heterocycles. The molecule has 0 saturated carbocycles. The number of hydrogen-bond acceptors (Lipinski definition) is 3. The van der Waals surface area contributed by atoms with E-state index in [-0.39, 0.29) is 5.43 Å². The smallest absolute Gasteiger partial charge is 0.193 e. The van der Waals surface area contributed by atoms with Crippen molar-refractivity contribution < 1.29 is 8.83 Å². The third-order valence-electron chi connectivity index (χ3n) is 4.01. The van der Waals surface area contributed by atoms with Crippen LogP contribution in [0.4, 0.5) is 0 Å². The van der Waals surface area contributed by atoms with E-state index in [1.54, 1.807) is 0 Å². The number of rotatable bonds is 1. The predicted molar refractivity (Wildman–Crippen MR) is 87.2 cm³/mol. The summed E-state index contributed by atoms with van der Waals surface area (Å²) in [4.78, 5) is 12.3. The zero-order valence-corrected chi connectivity index (χ0v) is 12.3. The fourth-order valence-corrected chi connectivity index (χ4v) is 2.64. The largest absolute Gasteiger partial charge is 0.453 e. The van der Waals surface area contributed by atoms with Crippen LogP contribution in [0.15, 0.2) is 62.2 Å². The van der Waals surface area contributed by atoms with Crippen molar-refractivity contribution in [1.29, 1.82) is 0 Å². The lowest BCUT2D eigenvalue weighted by atomic mass is 10.1. The van der Waals surface area contributed by atoms with Crippen molar-refractivity contribution in [2.75, 3.05) is 0 Å². The van der Waals surface area contributed by atoms with Crippen LogP contribution in [-0.4, -0.2) is 0 Å². The van der Waals surface area contributed by atoms with Gasteiger partial charge in [0.15, 0.2) is 16.9 Å². The van der Waals surface area contributed by atoms with Crippen LogP contribution in [-0.2, 0) is 0 Å². The minimum Gasteiger partial charge on any atom is -0.453 e. The summed E-state index contributed by atoms with van der Waals surface area (Å²) in [6.07, 6.45) is 0. The van der Waals surface area contributed by atoms with Gasteiger partial charge in [-0.15, -0.1) is 0 Å². The number of furan rings is 1. The number of fused-ring (bicyclic) bond motifs is 2. The minimum absolute atomic E-state index is 0.0557. The van der Waals surface area contributed by atoms with Gasteiger partial charge in [-0.2, -0.15) is 0 Å². The first-order valence-corrected chi connectivity index (χ1v) is 7.16. The lowest BCUT2D eigenvalue weighted by Crippen LogP contribution is -2.01. The van der Waals surface area contributed by atoms with Gasteiger partial charge >= 0.3 is 0 Å². The standard InChI is InChI=1S/C19H14O3/c1-11-7-14-15(20)10-19(22-17(14)8-12(11)2)18-9-13-5-3-4-6-16(13)21-18/h3-10H,1-2H3. The van der Waals surface area contributed by atoms with Crippen molar-refractivity contribution in [1.82, 2.24) is 0 Å². The second-order valence-corrected chi connectivity index (χ2v) is 5.56. The second-order valence-electron chi connectivity index (χ2n) is 5.56. The molecular formula is C19H14O3. The fourth-order valence-electron chi connectivity index (χ4n) is 2.64. The van der Waals surface area contributed by atoms with Crippen molar-refractivity contribution in [3.8, 4) is 11.5 Å².